The second-order valence-corrected chi connectivity index (χ2v) is 12.4. The van der Waals surface area contributed by atoms with Crippen molar-refractivity contribution in [1.29, 1.82) is 0 Å². The van der Waals surface area contributed by atoms with Crippen LogP contribution in [0.4, 0.5) is 17.1 Å². The smallest absolute Gasteiger partial charge is 0.118 e. The largest absolute Gasteiger partial charge is 0.353 e. The number of para-hydroxylation sites is 1. The van der Waals surface area contributed by atoms with Crippen LogP contribution in [-0.4, -0.2) is 21.3 Å². The van der Waals surface area contributed by atoms with E-state index >= 15 is 0 Å². The Morgan fingerprint density at radius 2 is 1.50 bits per heavy atom. The molecule has 0 aromatic heterocycles. The predicted octanol–water partition coefficient (Wildman–Crippen LogP) is 3.99. The van der Waals surface area contributed by atoms with Gasteiger partial charge in [0.05, 0.1) is 11.4 Å². The van der Waals surface area contributed by atoms with Gasteiger partial charge < -0.3 is 9.80 Å². The minimum Gasteiger partial charge on any atom is -0.353 e. The van der Waals surface area contributed by atoms with Crippen molar-refractivity contribution in [3.8, 4) is 0 Å². The molecule has 0 fully saturated rings. The molecule has 0 radical (unpaired) electrons. The van der Waals surface area contributed by atoms with E-state index in [0.717, 1.165) is 0 Å². The minimum absolute atomic E-state index is 0.366. The quantitative estimate of drug-likeness (QED) is 0.671. The van der Waals surface area contributed by atoms with Gasteiger partial charge in [-0.15, -0.1) is 0 Å². The van der Waals surface area contributed by atoms with E-state index in [0.29, 0.717) is 6.17 Å². The van der Waals surface area contributed by atoms with Gasteiger partial charge in [0, 0.05) is 12.7 Å². The first-order chi connectivity index (χ1) is 11.2. The molecule has 0 bridgehead atoms. The molecule has 1 unspecified atom stereocenters. The normalized spacial score (nSPS) is 20.2. The minimum atomic E-state index is -1.72. The molecule has 0 saturated heterocycles. The van der Waals surface area contributed by atoms with E-state index in [1.807, 2.05) is 0 Å². The van der Waals surface area contributed by atoms with Crippen molar-refractivity contribution in [2.45, 2.75) is 53.9 Å². The number of hydrogen-bond acceptors (Lipinski definition) is 2. The molecule has 0 aliphatic carbocycles. The first-order valence-electron chi connectivity index (χ1n) is 8.96. The van der Waals surface area contributed by atoms with Gasteiger partial charge in [-0.2, -0.15) is 0 Å². The van der Waals surface area contributed by atoms with Gasteiger partial charge in [-0.1, -0.05) is 25.2 Å². The summed E-state index contributed by atoms with van der Waals surface area (Å²) < 4.78 is 0. The van der Waals surface area contributed by atoms with Crippen molar-refractivity contribution >= 4 is 35.5 Å². The summed E-state index contributed by atoms with van der Waals surface area (Å²) >= 11 is 0. The van der Waals surface area contributed by atoms with Gasteiger partial charge in [-0.25, -0.2) is 0 Å². The molecule has 0 amide bonds. The highest BCUT2D eigenvalue weighted by atomic mass is 28.3. The van der Waals surface area contributed by atoms with E-state index in [2.05, 4.69) is 82.8 Å². The predicted molar refractivity (Wildman–Crippen MR) is 109 cm³/mol. The fourth-order valence-corrected chi connectivity index (χ4v) is 8.57. The summed E-state index contributed by atoms with van der Waals surface area (Å²) in [5, 5.41) is 3.24. The molecular formula is C21H28N2Si. The van der Waals surface area contributed by atoms with Crippen LogP contribution in [0.1, 0.15) is 29.2 Å². The molecule has 4 rings (SSSR count). The van der Waals surface area contributed by atoms with Gasteiger partial charge in [0.25, 0.3) is 0 Å². The van der Waals surface area contributed by atoms with Gasteiger partial charge >= 0.3 is 0 Å². The number of nitrogens with zero attached hydrogens (tertiary/aromatic N) is 2. The molecule has 0 saturated carbocycles. The molecule has 1 atom stereocenters. The zero-order valence-electron chi connectivity index (χ0n) is 16.2. The topological polar surface area (TPSA) is 6.48 Å². The van der Waals surface area contributed by atoms with E-state index in [-0.39, 0.29) is 0 Å². The molecule has 0 spiro atoms. The maximum atomic E-state index is 2.62. The Kier molecular flexibility index (Phi) is 3.06. The first-order valence-corrected chi connectivity index (χ1v) is 12.0. The Morgan fingerprint density at radius 1 is 0.875 bits per heavy atom. The first kappa shape index (κ1) is 15.8. The van der Waals surface area contributed by atoms with Gasteiger partial charge in [0.1, 0.15) is 14.2 Å². The van der Waals surface area contributed by atoms with Crippen molar-refractivity contribution in [2.24, 2.45) is 0 Å². The third-order valence-electron chi connectivity index (χ3n) is 6.76. The highest BCUT2D eigenvalue weighted by Gasteiger charge is 2.46. The van der Waals surface area contributed by atoms with Crippen LogP contribution in [0.25, 0.3) is 0 Å². The Bertz CT molecular complexity index is 882. The summed E-state index contributed by atoms with van der Waals surface area (Å²) in [6.07, 6.45) is 0.366. The molecule has 2 heterocycles. The second kappa shape index (κ2) is 4.66. The van der Waals surface area contributed by atoms with Gasteiger partial charge in [-0.3, -0.25) is 0 Å². The third-order valence-corrected chi connectivity index (χ3v) is 10.4. The Morgan fingerprint density at radius 3 is 2.17 bits per heavy atom. The van der Waals surface area contributed by atoms with E-state index in [4.69, 9.17) is 0 Å². The molecule has 2 aliphatic rings. The average Bonchev–Trinajstić information content (AvgIpc) is 2.80. The lowest BCUT2D eigenvalue weighted by atomic mass is 9.96. The van der Waals surface area contributed by atoms with Gasteiger partial charge in [-0.05, 0) is 73.3 Å². The Hall–Kier alpha value is -1.74. The van der Waals surface area contributed by atoms with Crippen molar-refractivity contribution in [3.63, 3.8) is 0 Å². The van der Waals surface area contributed by atoms with Gasteiger partial charge in [0.15, 0.2) is 0 Å². The van der Waals surface area contributed by atoms with Crippen LogP contribution >= 0.6 is 0 Å². The average molecular weight is 337 g/mol. The van der Waals surface area contributed by atoms with Crippen LogP contribution in [0.3, 0.4) is 0 Å². The number of anilines is 3. The van der Waals surface area contributed by atoms with Crippen LogP contribution in [0.2, 0.25) is 13.1 Å². The van der Waals surface area contributed by atoms with Crippen molar-refractivity contribution in [2.75, 3.05) is 16.8 Å². The lowest BCUT2D eigenvalue weighted by Gasteiger charge is -2.43. The summed E-state index contributed by atoms with van der Waals surface area (Å²) in [4.78, 5) is 5.05. The third kappa shape index (κ3) is 1.61. The van der Waals surface area contributed by atoms with Crippen LogP contribution in [0, 0.1) is 27.7 Å². The molecule has 2 aromatic carbocycles. The monoisotopic (exact) mass is 336 g/mol. The maximum Gasteiger partial charge on any atom is 0.118 e. The SMILES string of the molecule is Cc1c(C)c(C)c2c(c1C)N1c3c(cccc3[Si]2(C)C)N(C)C1C. The van der Waals surface area contributed by atoms with Crippen molar-refractivity contribution in [1.82, 2.24) is 0 Å². The van der Waals surface area contributed by atoms with E-state index < -0.39 is 8.07 Å². The standard InChI is InChI=1S/C21H28N2Si/c1-12-13(2)15(4)21-19(14(12)3)23-16(5)22(6)17-10-9-11-18(20(17)23)24(21,7)8/h9-11,16H,1-8H3. The maximum absolute atomic E-state index is 2.62. The van der Waals surface area contributed by atoms with Crippen LogP contribution < -0.4 is 20.2 Å². The zero-order chi connectivity index (χ0) is 17.5. The molecule has 3 heteroatoms. The Labute approximate surface area is 147 Å². The molecule has 2 aromatic rings. The molecule has 126 valence electrons. The zero-order valence-corrected chi connectivity index (χ0v) is 17.2. The lowest BCUT2D eigenvalue weighted by Crippen LogP contribution is -2.61. The van der Waals surface area contributed by atoms with Crippen LogP contribution in [-0.2, 0) is 0 Å². The van der Waals surface area contributed by atoms with E-state index in [9.17, 15) is 0 Å². The van der Waals surface area contributed by atoms with Crippen molar-refractivity contribution < 1.29 is 0 Å². The van der Waals surface area contributed by atoms with E-state index in [1.54, 1.807) is 10.4 Å². The van der Waals surface area contributed by atoms with Gasteiger partial charge in [0.2, 0.25) is 0 Å². The molecule has 2 aliphatic heterocycles. The fourth-order valence-electron chi connectivity index (χ4n) is 4.93. The summed E-state index contributed by atoms with van der Waals surface area (Å²) in [7, 11) is 0.509. The van der Waals surface area contributed by atoms with Crippen LogP contribution in [0.5, 0.6) is 0 Å². The fraction of sp³-hybridized carbons (Fsp3) is 0.429. The molecule has 2 nitrogen and oxygen atoms in total. The molecule has 0 N–H and O–H groups in total. The highest BCUT2D eigenvalue weighted by Crippen LogP contribution is 2.47. The number of hydrogen-bond donors (Lipinski definition) is 0. The van der Waals surface area contributed by atoms with E-state index in [1.165, 1.54) is 39.3 Å². The summed E-state index contributed by atoms with van der Waals surface area (Å²) in [6.45, 7) is 16.6. The summed E-state index contributed by atoms with van der Waals surface area (Å²) in [5.41, 5.74) is 10.3. The molecule has 24 heavy (non-hydrogen) atoms. The number of rotatable bonds is 0. The van der Waals surface area contributed by atoms with Crippen molar-refractivity contribution in [3.05, 3.63) is 40.5 Å². The Balaban J connectivity index is 2.19. The lowest BCUT2D eigenvalue weighted by molar-refractivity contribution is 0.733. The number of benzene rings is 2. The number of fused-ring (bicyclic) bond motifs is 2. The summed E-state index contributed by atoms with van der Waals surface area (Å²) in [5.74, 6) is 0. The summed E-state index contributed by atoms with van der Waals surface area (Å²) in [6, 6.07) is 6.93. The molecular weight excluding hydrogens is 308 g/mol. The second-order valence-electron chi connectivity index (χ2n) is 8.13. The van der Waals surface area contributed by atoms with Crippen LogP contribution in [0.15, 0.2) is 18.2 Å². The highest BCUT2D eigenvalue weighted by molar-refractivity contribution is 7.03.